The average molecular weight is 303 g/mol. The normalized spacial score (nSPS) is 11.0. The predicted molar refractivity (Wildman–Crippen MR) is 82.4 cm³/mol. The summed E-state index contributed by atoms with van der Waals surface area (Å²) in [6.07, 6.45) is 1.75. The second kappa shape index (κ2) is 5.26. The summed E-state index contributed by atoms with van der Waals surface area (Å²) in [7, 11) is 1.74. The van der Waals surface area contributed by atoms with Crippen LogP contribution >= 0.6 is 11.6 Å². The second-order valence-electron chi connectivity index (χ2n) is 5.06. The summed E-state index contributed by atoms with van der Waals surface area (Å²) in [5.74, 6) is 0.661. The van der Waals surface area contributed by atoms with Gasteiger partial charge in [-0.15, -0.1) is 0 Å². The standard InChI is InChI=1S/C15H15ClN4O/c1-9-7-17-14(18-9)8-20(2)15(21)13-6-10-11(16)4-3-5-12(10)19-13/h3-7,19H,8H2,1-2H3,(H,17,18). The van der Waals surface area contributed by atoms with E-state index in [0.29, 0.717) is 17.3 Å². The molecule has 0 saturated heterocycles. The van der Waals surface area contributed by atoms with Crippen molar-refractivity contribution in [2.45, 2.75) is 13.5 Å². The van der Waals surface area contributed by atoms with Crippen LogP contribution in [0.1, 0.15) is 22.0 Å². The largest absolute Gasteiger partial charge is 0.350 e. The van der Waals surface area contributed by atoms with E-state index in [4.69, 9.17) is 11.6 Å². The van der Waals surface area contributed by atoms with Gasteiger partial charge in [0, 0.05) is 34.9 Å². The van der Waals surface area contributed by atoms with Crippen LogP contribution in [-0.4, -0.2) is 32.8 Å². The lowest BCUT2D eigenvalue weighted by Crippen LogP contribution is -2.27. The maximum atomic E-state index is 12.4. The third-order valence-electron chi connectivity index (χ3n) is 3.33. The molecular weight excluding hydrogens is 288 g/mol. The van der Waals surface area contributed by atoms with Gasteiger partial charge in [-0.25, -0.2) is 4.98 Å². The number of rotatable bonds is 3. The first kappa shape index (κ1) is 13.7. The summed E-state index contributed by atoms with van der Waals surface area (Å²) in [5, 5.41) is 1.48. The Morgan fingerprint density at radius 1 is 1.38 bits per heavy atom. The zero-order valence-electron chi connectivity index (χ0n) is 11.8. The van der Waals surface area contributed by atoms with Crippen LogP contribution in [0.4, 0.5) is 0 Å². The van der Waals surface area contributed by atoms with Crippen molar-refractivity contribution in [1.29, 1.82) is 0 Å². The Hall–Kier alpha value is -2.27. The molecule has 21 heavy (non-hydrogen) atoms. The van der Waals surface area contributed by atoms with Crippen molar-refractivity contribution < 1.29 is 4.79 Å². The van der Waals surface area contributed by atoms with Gasteiger partial charge in [0.2, 0.25) is 0 Å². The molecule has 0 spiro atoms. The van der Waals surface area contributed by atoms with E-state index in [-0.39, 0.29) is 5.91 Å². The summed E-state index contributed by atoms with van der Waals surface area (Å²) >= 11 is 6.13. The Morgan fingerprint density at radius 3 is 2.86 bits per heavy atom. The van der Waals surface area contributed by atoms with Gasteiger partial charge in [-0.05, 0) is 25.1 Å². The molecule has 108 valence electrons. The van der Waals surface area contributed by atoms with Crippen LogP contribution in [0.25, 0.3) is 10.9 Å². The number of imidazole rings is 1. The molecule has 0 bridgehead atoms. The van der Waals surface area contributed by atoms with Gasteiger partial charge in [0.05, 0.1) is 6.54 Å². The van der Waals surface area contributed by atoms with Gasteiger partial charge < -0.3 is 14.9 Å². The molecule has 3 rings (SSSR count). The number of fused-ring (bicyclic) bond motifs is 1. The lowest BCUT2D eigenvalue weighted by Gasteiger charge is -2.14. The number of H-pyrrole nitrogens is 2. The minimum absolute atomic E-state index is 0.101. The number of nitrogens with zero attached hydrogens (tertiary/aromatic N) is 2. The third-order valence-corrected chi connectivity index (χ3v) is 3.66. The van der Waals surface area contributed by atoms with E-state index < -0.39 is 0 Å². The van der Waals surface area contributed by atoms with Crippen molar-refractivity contribution in [3.63, 3.8) is 0 Å². The topological polar surface area (TPSA) is 64.8 Å². The SMILES string of the molecule is Cc1cnc(CN(C)C(=O)c2cc3c(Cl)cccc3[nH]2)[nH]1. The average Bonchev–Trinajstić information content (AvgIpc) is 3.05. The first-order valence-corrected chi connectivity index (χ1v) is 6.95. The number of nitrogens with one attached hydrogen (secondary N) is 2. The number of halogens is 1. The number of hydrogen-bond donors (Lipinski definition) is 2. The van der Waals surface area contributed by atoms with Gasteiger partial charge in [-0.3, -0.25) is 4.79 Å². The molecule has 0 unspecified atom stereocenters. The lowest BCUT2D eigenvalue weighted by atomic mass is 10.2. The van der Waals surface area contributed by atoms with Crippen molar-refractivity contribution >= 4 is 28.4 Å². The van der Waals surface area contributed by atoms with Crippen LogP contribution in [0, 0.1) is 6.92 Å². The number of amides is 1. The van der Waals surface area contributed by atoms with Gasteiger partial charge in [-0.2, -0.15) is 0 Å². The Morgan fingerprint density at radius 2 is 2.19 bits per heavy atom. The maximum Gasteiger partial charge on any atom is 0.270 e. The minimum Gasteiger partial charge on any atom is -0.350 e. The lowest BCUT2D eigenvalue weighted by molar-refractivity contribution is 0.0777. The highest BCUT2D eigenvalue weighted by molar-refractivity contribution is 6.35. The summed E-state index contributed by atoms with van der Waals surface area (Å²) in [6.45, 7) is 2.35. The summed E-state index contributed by atoms with van der Waals surface area (Å²) in [5.41, 5.74) is 2.35. The van der Waals surface area contributed by atoms with E-state index in [2.05, 4.69) is 15.0 Å². The zero-order valence-corrected chi connectivity index (χ0v) is 12.5. The van der Waals surface area contributed by atoms with Gasteiger partial charge >= 0.3 is 0 Å². The number of carbonyl (C=O) groups excluding carboxylic acids is 1. The van der Waals surface area contributed by atoms with Crippen molar-refractivity contribution in [3.8, 4) is 0 Å². The molecule has 0 aliphatic rings. The zero-order chi connectivity index (χ0) is 15.0. The Bertz CT molecular complexity index is 805. The smallest absolute Gasteiger partial charge is 0.270 e. The van der Waals surface area contributed by atoms with E-state index in [1.807, 2.05) is 19.1 Å². The fourth-order valence-electron chi connectivity index (χ4n) is 2.28. The van der Waals surface area contributed by atoms with Crippen LogP contribution in [0.15, 0.2) is 30.5 Å². The molecule has 3 aromatic rings. The molecule has 6 heteroatoms. The number of benzene rings is 1. The molecule has 2 heterocycles. The number of carbonyl (C=O) groups is 1. The van der Waals surface area contributed by atoms with Crippen LogP contribution < -0.4 is 0 Å². The monoisotopic (exact) mass is 302 g/mol. The van der Waals surface area contributed by atoms with Crippen LogP contribution in [0.2, 0.25) is 5.02 Å². The van der Waals surface area contributed by atoms with E-state index in [1.54, 1.807) is 30.3 Å². The van der Waals surface area contributed by atoms with E-state index in [1.165, 1.54) is 0 Å². The highest BCUT2D eigenvalue weighted by Crippen LogP contribution is 2.24. The molecular formula is C15H15ClN4O. The van der Waals surface area contributed by atoms with E-state index in [9.17, 15) is 4.79 Å². The second-order valence-corrected chi connectivity index (χ2v) is 5.47. The van der Waals surface area contributed by atoms with Crippen molar-refractivity contribution in [2.75, 3.05) is 7.05 Å². The minimum atomic E-state index is -0.101. The quantitative estimate of drug-likeness (QED) is 0.780. The molecule has 0 saturated carbocycles. The van der Waals surface area contributed by atoms with Crippen LogP contribution in [0.5, 0.6) is 0 Å². The molecule has 0 aliphatic heterocycles. The molecule has 0 atom stereocenters. The van der Waals surface area contributed by atoms with Gasteiger partial charge in [0.25, 0.3) is 5.91 Å². The molecule has 0 radical (unpaired) electrons. The van der Waals surface area contributed by atoms with Crippen LogP contribution in [-0.2, 0) is 6.54 Å². The third kappa shape index (κ3) is 2.64. The predicted octanol–water partition coefficient (Wildman–Crippen LogP) is 3.13. The van der Waals surface area contributed by atoms with Gasteiger partial charge in [0.1, 0.15) is 11.5 Å². The number of aryl methyl sites for hydroxylation is 1. The van der Waals surface area contributed by atoms with Gasteiger partial charge in [-0.1, -0.05) is 17.7 Å². The highest BCUT2D eigenvalue weighted by Gasteiger charge is 2.16. The molecule has 1 amide bonds. The fourth-order valence-corrected chi connectivity index (χ4v) is 2.51. The first-order chi connectivity index (χ1) is 10.0. The van der Waals surface area contributed by atoms with Crippen molar-refractivity contribution in [1.82, 2.24) is 19.9 Å². The molecule has 5 nitrogen and oxygen atoms in total. The molecule has 0 aliphatic carbocycles. The molecule has 0 fully saturated rings. The summed E-state index contributed by atoms with van der Waals surface area (Å²) in [6, 6.07) is 7.34. The van der Waals surface area contributed by atoms with E-state index >= 15 is 0 Å². The van der Waals surface area contributed by atoms with Crippen LogP contribution in [0.3, 0.4) is 0 Å². The molecule has 2 aromatic heterocycles. The number of aromatic nitrogens is 3. The first-order valence-electron chi connectivity index (χ1n) is 6.58. The van der Waals surface area contributed by atoms with Crippen molar-refractivity contribution in [2.24, 2.45) is 0 Å². The van der Waals surface area contributed by atoms with Gasteiger partial charge in [0.15, 0.2) is 0 Å². The maximum absolute atomic E-state index is 12.4. The molecule has 1 aromatic carbocycles. The Kier molecular flexibility index (Phi) is 3.43. The summed E-state index contributed by atoms with van der Waals surface area (Å²) < 4.78 is 0. The number of hydrogen-bond acceptors (Lipinski definition) is 2. The summed E-state index contributed by atoms with van der Waals surface area (Å²) in [4.78, 5) is 24.5. The highest BCUT2D eigenvalue weighted by atomic mass is 35.5. The Balaban J connectivity index is 1.84. The molecule has 2 N–H and O–H groups in total. The van der Waals surface area contributed by atoms with Crippen molar-refractivity contribution in [3.05, 3.63) is 52.7 Å². The number of aromatic amines is 2. The Labute approximate surface area is 126 Å². The van der Waals surface area contributed by atoms with E-state index in [0.717, 1.165) is 22.4 Å². The fraction of sp³-hybridized carbons (Fsp3) is 0.200.